The number of rotatable bonds is 10. The third-order valence-corrected chi connectivity index (χ3v) is 8.26. The molecule has 0 fully saturated rings. The number of fused-ring (bicyclic) bond motifs is 4. The smallest absolute Gasteiger partial charge is 0.255 e. The number of amides is 4. The van der Waals surface area contributed by atoms with E-state index in [0.29, 0.717) is 73.8 Å². The standard InChI is InChI=1S/C40H36N6O8/c1-5-51-32-21-33-29(17-28(32)44-39(49)24-13-9-7-10-14-24)43-30-20-35-37(36(38(30)54-33)45-40(50)25-15-11-8-12-16-25)46(52-6-2)31-18-26(41-22(3)47)27(42-23(4)48)19-34(31)53-35/h7-21,43H,5-6H2,1-4H3,(H,41,47)(H,42,48)(H,44,49)(H,45,50). The van der Waals surface area contributed by atoms with Crippen molar-refractivity contribution in [1.29, 1.82) is 0 Å². The number of benzene rings is 5. The number of hydrogen-bond donors (Lipinski definition) is 5. The van der Waals surface area contributed by atoms with Crippen LogP contribution in [-0.4, -0.2) is 46.6 Å². The number of carbonyl (C=O) groups excluding carboxylic acids is 4. The number of anilines is 4. The van der Waals surface area contributed by atoms with Gasteiger partial charge in [0.05, 0.1) is 34.7 Å². The molecule has 7 rings (SSSR count). The molecular formula is C40H36N6O8. The van der Waals surface area contributed by atoms with Crippen molar-refractivity contribution >= 4 is 90.8 Å². The van der Waals surface area contributed by atoms with E-state index in [1.54, 1.807) is 85.8 Å². The van der Waals surface area contributed by atoms with Crippen LogP contribution in [0.3, 0.4) is 0 Å². The Balaban J connectivity index is 1.51. The van der Waals surface area contributed by atoms with Gasteiger partial charge >= 0.3 is 0 Å². The summed E-state index contributed by atoms with van der Waals surface area (Å²) in [6.45, 7) is 6.85. The van der Waals surface area contributed by atoms with Crippen molar-refractivity contribution in [3.8, 4) is 5.75 Å². The van der Waals surface area contributed by atoms with E-state index in [0.717, 1.165) is 0 Å². The summed E-state index contributed by atoms with van der Waals surface area (Å²) in [7, 11) is 0. The van der Waals surface area contributed by atoms with Crippen LogP contribution in [0.4, 0.5) is 22.7 Å². The summed E-state index contributed by atoms with van der Waals surface area (Å²) in [4.78, 5) is 60.9. The van der Waals surface area contributed by atoms with Crippen LogP contribution >= 0.6 is 0 Å². The van der Waals surface area contributed by atoms with E-state index < -0.39 is 5.91 Å². The Morgan fingerprint density at radius 3 is 1.89 bits per heavy atom. The molecule has 2 aromatic heterocycles. The number of aromatic amines is 1. The van der Waals surface area contributed by atoms with E-state index >= 15 is 0 Å². The van der Waals surface area contributed by atoms with E-state index in [-0.39, 0.29) is 41.2 Å². The Morgan fingerprint density at radius 1 is 0.648 bits per heavy atom. The summed E-state index contributed by atoms with van der Waals surface area (Å²) in [5.41, 5.74) is 4.82. The van der Waals surface area contributed by atoms with Crippen molar-refractivity contribution in [2.75, 3.05) is 34.5 Å². The Labute approximate surface area is 307 Å². The van der Waals surface area contributed by atoms with Gasteiger partial charge in [0.2, 0.25) is 11.8 Å². The third-order valence-electron chi connectivity index (χ3n) is 8.26. The van der Waals surface area contributed by atoms with Gasteiger partial charge in [0.15, 0.2) is 27.8 Å². The second-order valence-electron chi connectivity index (χ2n) is 12.2. The predicted octanol–water partition coefficient (Wildman–Crippen LogP) is 8.01. The van der Waals surface area contributed by atoms with Crippen molar-refractivity contribution in [2.24, 2.45) is 0 Å². The molecule has 0 saturated carbocycles. The highest BCUT2D eigenvalue weighted by Crippen LogP contribution is 2.40. The van der Waals surface area contributed by atoms with E-state index in [4.69, 9.17) is 18.4 Å². The second kappa shape index (κ2) is 14.8. The van der Waals surface area contributed by atoms with Crippen molar-refractivity contribution in [3.05, 3.63) is 102 Å². The quantitative estimate of drug-likeness (QED) is 0.0878. The number of ether oxygens (including phenoxy) is 1. The summed E-state index contributed by atoms with van der Waals surface area (Å²) in [6.07, 6.45) is 0. The fraction of sp³-hybridized carbons (Fsp3) is 0.150. The first-order chi connectivity index (χ1) is 26.1. The molecule has 5 aromatic carbocycles. The van der Waals surface area contributed by atoms with Gasteiger partial charge in [-0.2, -0.15) is 4.73 Å². The van der Waals surface area contributed by atoms with Gasteiger partial charge in [-0.05, 0) is 50.2 Å². The molecule has 0 unspecified atom stereocenters. The van der Waals surface area contributed by atoms with Gasteiger partial charge in [-0.3, -0.25) is 19.2 Å². The molecule has 2 heterocycles. The maximum Gasteiger partial charge on any atom is 0.255 e. The van der Waals surface area contributed by atoms with Crippen LogP contribution in [0.1, 0.15) is 48.4 Å². The molecule has 0 radical (unpaired) electrons. The Hall–Kier alpha value is -7.22. The minimum absolute atomic E-state index is 0.197. The lowest BCUT2D eigenvalue weighted by Crippen LogP contribution is -2.18. The van der Waals surface area contributed by atoms with Crippen LogP contribution in [0.25, 0.3) is 44.4 Å². The molecule has 0 saturated heterocycles. The number of nitrogens with zero attached hydrogens (tertiary/aromatic N) is 1. The molecule has 54 heavy (non-hydrogen) atoms. The van der Waals surface area contributed by atoms with Crippen LogP contribution in [0.5, 0.6) is 5.75 Å². The highest BCUT2D eigenvalue weighted by molar-refractivity contribution is 6.16. The van der Waals surface area contributed by atoms with Gasteiger partial charge in [0, 0.05) is 43.2 Å². The van der Waals surface area contributed by atoms with Gasteiger partial charge < -0.3 is 44.7 Å². The average molecular weight is 729 g/mol. The molecule has 14 heteroatoms. The molecule has 0 bridgehead atoms. The third kappa shape index (κ3) is 6.99. The van der Waals surface area contributed by atoms with Crippen LogP contribution in [0.15, 0.2) is 99.8 Å². The van der Waals surface area contributed by atoms with Crippen LogP contribution in [0, 0.1) is 0 Å². The van der Waals surface area contributed by atoms with Crippen molar-refractivity contribution in [2.45, 2.75) is 27.7 Å². The molecule has 7 aromatic rings. The van der Waals surface area contributed by atoms with E-state index in [1.807, 2.05) is 19.1 Å². The van der Waals surface area contributed by atoms with Crippen molar-refractivity contribution in [3.63, 3.8) is 0 Å². The van der Waals surface area contributed by atoms with Crippen LogP contribution in [-0.2, 0) is 9.59 Å². The Kier molecular flexibility index (Phi) is 9.64. The SMILES string of the molecule is CCOc1cc2oc3c(NC(=O)c4ccccc4)c4c(cc3[nH]c2cc1NC(=O)c1ccccc1)oc1cc(NC(C)=O)c(NC(C)=O)cc1n4OCC. The fourth-order valence-corrected chi connectivity index (χ4v) is 6.05. The van der Waals surface area contributed by atoms with Gasteiger partial charge in [0.25, 0.3) is 11.8 Å². The number of H-pyrrole nitrogens is 1. The summed E-state index contributed by atoms with van der Waals surface area (Å²) in [5, 5.41) is 11.4. The topological polar surface area (TPSA) is 182 Å². The van der Waals surface area contributed by atoms with Gasteiger partial charge in [-0.1, -0.05) is 36.4 Å². The molecule has 4 amide bonds. The average Bonchev–Trinajstić information content (AvgIpc) is 3.15. The number of carbonyl (C=O) groups is 4. The van der Waals surface area contributed by atoms with E-state index in [2.05, 4.69) is 26.3 Å². The van der Waals surface area contributed by atoms with Crippen LogP contribution in [0.2, 0.25) is 0 Å². The van der Waals surface area contributed by atoms with Crippen LogP contribution < -0.4 is 30.8 Å². The molecule has 14 nitrogen and oxygen atoms in total. The first-order valence-electron chi connectivity index (χ1n) is 17.2. The monoisotopic (exact) mass is 728 g/mol. The molecule has 0 aliphatic carbocycles. The van der Waals surface area contributed by atoms with Crippen molar-refractivity contribution in [1.82, 2.24) is 9.71 Å². The summed E-state index contributed by atoms with van der Waals surface area (Å²) >= 11 is 0. The summed E-state index contributed by atoms with van der Waals surface area (Å²) in [5.74, 6) is -1.11. The Morgan fingerprint density at radius 2 is 1.28 bits per heavy atom. The largest absolute Gasteiger partial charge is 0.492 e. The van der Waals surface area contributed by atoms with Crippen molar-refractivity contribution < 1.29 is 37.6 Å². The number of aromatic nitrogens is 2. The van der Waals surface area contributed by atoms with Gasteiger partial charge in [-0.25, -0.2) is 0 Å². The minimum Gasteiger partial charge on any atom is -0.492 e. The molecule has 274 valence electrons. The molecule has 0 aliphatic heterocycles. The molecular weight excluding hydrogens is 692 g/mol. The first kappa shape index (κ1) is 35.2. The molecule has 0 aliphatic rings. The zero-order chi connectivity index (χ0) is 37.9. The van der Waals surface area contributed by atoms with E-state index in [1.165, 1.54) is 18.6 Å². The number of nitrogens with one attached hydrogen (secondary N) is 5. The maximum absolute atomic E-state index is 13.8. The lowest BCUT2D eigenvalue weighted by atomic mass is 10.1. The molecule has 0 atom stereocenters. The van der Waals surface area contributed by atoms with E-state index in [9.17, 15) is 19.2 Å². The lowest BCUT2D eigenvalue weighted by Gasteiger charge is -2.20. The summed E-state index contributed by atoms with van der Waals surface area (Å²) < 4.78 is 20.5. The fourth-order valence-electron chi connectivity index (χ4n) is 6.05. The minimum atomic E-state index is -0.434. The normalized spacial score (nSPS) is 11.0. The highest BCUT2D eigenvalue weighted by atomic mass is 16.7. The molecule has 0 spiro atoms. The zero-order valence-corrected chi connectivity index (χ0v) is 29.8. The molecule has 5 N–H and O–H groups in total. The predicted molar refractivity (Wildman–Crippen MR) is 207 cm³/mol. The summed E-state index contributed by atoms with van der Waals surface area (Å²) in [6, 6.07) is 25.7. The zero-order valence-electron chi connectivity index (χ0n) is 29.8. The Bertz CT molecular complexity index is 2630. The second-order valence-corrected chi connectivity index (χ2v) is 12.2. The first-order valence-corrected chi connectivity index (χ1v) is 17.2. The van der Waals surface area contributed by atoms with Gasteiger partial charge in [-0.15, -0.1) is 0 Å². The highest BCUT2D eigenvalue weighted by Gasteiger charge is 2.24. The number of hydrogen-bond acceptors (Lipinski definition) is 8. The maximum atomic E-state index is 13.8. The van der Waals surface area contributed by atoms with Gasteiger partial charge in [0.1, 0.15) is 23.6 Å². The lowest BCUT2D eigenvalue weighted by molar-refractivity contribution is -0.115.